The maximum atomic E-state index is 11.5. The van der Waals surface area contributed by atoms with Crippen LogP contribution in [0.4, 0.5) is 4.79 Å². The highest BCUT2D eigenvalue weighted by Gasteiger charge is 2.13. The number of ether oxygens (including phenoxy) is 1. The minimum absolute atomic E-state index is 0.172. The molecule has 0 aromatic heterocycles. The summed E-state index contributed by atoms with van der Waals surface area (Å²) in [6.45, 7) is 10.3. The molecule has 0 heterocycles. The molecule has 0 radical (unpaired) electrons. The van der Waals surface area contributed by atoms with Crippen molar-refractivity contribution in [2.45, 2.75) is 47.0 Å². The Labute approximate surface area is 93.8 Å². The molecule has 1 unspecified atom stereocenters. The van der Waals surface area contributed by atoms with Gasteiger partial charge in [-0.25, -0.2) is 4.79 Å². The Balaban J connectivity index is 3.85. The first-order valence-electron chi connectivity index (χ1n) is 6.11. The van der Waals surface area contributed by atoms with Crippen LogP contribution in [0.2, 0.25) is 0 Å². The first-order chi connectivity index (χ1) is 7.19. The fourth-order valence-electron chi connectivity index (χ4n) is 1.58. The highest BCUT2D eigenvalue weighted by Crippen LogP contribution is 2.11. The van der Waals surface area contributed by atoms with E-state index in [0.717, 1.165) is 32.4 Å². The Morgan fingerprint density at radius 1 is 1.20 bits per heavy atom. The van der Waals surface area contributed by atoms with Gasteiger partial charge in [-0.05, 0) is 26.2 Å². The van der Waals surface area contributed by atoms with Gasteiger partial charge in [0.15, 0.2) is 0 Å². The van der Waals surface area contributed by atoms with E-state index in [1.54, 1.807) is 4.90 Å². The van der Waals surface area contributed by atoms with Crippen molar-refractivity contribution in [2.24, 2.45) is 5.92 Å². The molecule has 0 aliphatic heterocycles. The predicted octanol–water partition coefficient (Wildman–Crippen LogP) is 3.29. The molecule has 3 nitrogen and oxygen atoms in total. The lowest BCUT2D eigenvalue weighted by atomic mass is 10.0. The third kappa shape index (κ3) is 5.65. The molecule has 0 spiro atoms. The molecular weight excluding hydrogens is 190 g/mol. The zero-order valence-electron chi connectivity index (χ0n) is 10.6. The second-order valence-electron chi connectivity index (χ2n) is 3.81. The van der Waals surface area contributed by atoms with Crippen molar-refractivity contribution >= 4 is 6.09 Å². The molecule has 0 aromatic rings. The molecule has 0 bridgehead atoms. The van der Waals surface area contributed by atoms with Crippen LogP contribution in [-0.2, 0) is 4.74 Å². The van der Waals surface area contributed by atoms with Gasteiger partial charge in [-0.2, -0.15) is 0 Å². The molecule has 0 aliphatic carbocycles. The SMILES string of the molecule is CCCC(CC)COC(=O)N(CC)CC. The Kier molecular flexibility index (Phi) is 8.15. The summed E-state index contributed by atoms with van der Waals surface area (Å²) in [5.74, 6) is 0.523. The molecular formula is C12H25NO2. The fraction of sp³-hybridized carbons (Fsp3) is 0.917. The number of amides is 1. The molecule has 0 rings (SSSR count). The lowest BCUT2D eigenvalue weighted by Crippen LogP contribution is -2.32. The molecule has 3 heteroatoms. The molecule has 0 saturated heterocycles. The van der Waals surface area contributed by atoms with Crippen LogP contribution in [0.3, 0.4) is 0 Å². The molecule has 0 fully saturated rings. The van der Waals surface area contributed by atoms with Gasteiger partial charge in [0.1, 0.15) is 0 Å². The van der Waals surface area contributed by atoms with Crippen LogP contribution < -0.4 is 0 Å². The van der Waals surface area contributed by atoms with E-state index in [1.807, 2.05) is 13.8 Å². The second kappa shape index (κ2) is 8.57. The van der Waals surface area contributed by atoms with Crippen LogP contribution in [0.1, 0.15) is 47.0 Å². The van der Waals surface area contributed by atoms with Crippen LogP contribution in [-0.4, -0.2) is 30.7 Å². The Morgan fingerprint density at radius 2 is 1.80 bits per heavy atom. The van der Waals surface area contributed by atoms with Gasteiger partial charge in [0.05, 0.1) is 6.61 Å². The van der Waals surface area contributed by atoms with Gasteiger partial charge in [-0.1, -0.05) is 26.7 Å². The largest absolute Gasteiger partial charge is 0.449 e. The topological polar surface area (TPSA) is 29.5 Å². The maximum Gasteiger partial charge on any atom is 0.409 e. The van der Waals surface area contributed by atoms with Gasteiger partial charge in [0.2, 0.25) is 0 Å². The molecule has 90 valence electrons. The Bertz CT molecular complexity index is 167. The van der Waals surface area contributed by atoms with E-state index in [4.69, 9.17) is 4.74 Å². The highest BCUT2D eigenvalue weighted by atomic mass is 16.6. The van der Waals surface area contributed by atoms with Crippen molar-refractivity contribution in [1.82, 2.24) is 4.90 Å². The summed E-state index contributed by atoms with van der Waals surface area (Å²) in [6, 6.07) is 0. The summed E-state index contributed by atoms with van der Waals surface area (Å²) < 4.78 is 5.28. The average Bonchev–Trinajstić information content (AvgIpc) is 2.25. The quantitative estimate of drug-likeness (QED) is 0.652. The van der Waals surface area contributed by atoms with Crippen molar-refractivity contribution in [3.63, 3.8) is 0 Å². The standard InChI is InChI=1S/C12H25NO2/c1-5-9-11(6-2)10-15-12(14)13(7-3)8-4/h11H,5-10H2,1-4H3. The number of carbonyl (C=O) groups excluding carboxylic acids is 1. The summed E-state index contributed by atoms with van der Waals surface area (Å²) >= 11 is 0. The zero-order valence-corrected chi connectivity index (χ0v) is 10.6. The lowest BCUT2D eigenvalue weighted by molar-refractivity contribution is 0.0882. The van der Waals surface area contributed by atoms with Gasteiger partial charge < -0.3 is 9.64 Å². The molecule has 15 heavy (non-hydrogen) atoms. The number of carbonyl (C=O) groups is 1. The van der Waals surface area contributed by atoms with Crippen LogP contribution in [0.15, 0.2) is 0 Å². The van der Waals surface area contributed by atoms with Crippen LogP contribution in [0.25, 0.3) is 0 Å². The molecule has 0 N–H and O–H groups in total. The highest BCUT2D eigenvalue weighted by molar-refractivity contribution is 5.67. The van der Waals surface area contributed by atoms with E-state index in [9.17, 15) is 4.79 Å². The number of rotatable bonds is 7. The summed E-state index contributed by atoms with van der Waals surface area (Å²) in [4.78, 5) is 13.2. The van der Waals surface area contributed by atoms with E-state index in [2.05, 4.69) is 13.8 Å². The second-order valence-corrected chi connectivity index (χ2v) is 3.81. The normalized spacial score (nSPS) is 12.3. The monoisotopic (exact) mass is 215 g/mol. The maximum absolute atomic E-state index is 11.5. The molecule has 0 aromatic carbocycles. The van der Waals surface area contributed by atoms with Crippen molar-refractivity contribution in [3.8, 4) is 0 Å². The fourth-order valence-corrected chi connectivity index (χ4v) is 1.58. The van der Waals surface area contributed by atoms with E-state index in [1.165, 1.54) is 0 Å². The van der Waals surface area contributed by atoms with Crippen molar-refractivity contribution in [1.29, 1.82) is 0 Å². The van der Waals surface area contributed by atoms with Crippen molar-refractivity contribution in [2.75, 3.05) is 19.7 Å². The summed E-state index contributed by atoms with van der Waals surface area (Å²) in [6.07, 6.45) is 3.21. The van der Waals surface area contributed by atoms with Gasteiger partial charge >= 0.3 is 6.09 Å². The molecule has 1 atom stereocenters. The predicted molar refractivity (Wildman–Crippen MR) is 63.0 cm³/mol. The minimum atomic E-state index is -0.172. The molecule has 0 aliphatic rings. The Morgan fingerprint density at radius 3 is 2.20 bits per heavy atom. The number of hydrogen-bond acceptors (Lipinski definition) is 2. The van der Waals surface area contributed by atoms with E-state index >= 15 is 0 Å². The van der Waals surface area contributed by atoms with Gasteiger partial charge in [0, 0.05) is 13.1 Å². The summed E-state index contributed by atoms with van der Waals surface area (Å²) in [5, 5.41) is 0. The average molecular weight is 215 g/mol. The van der Waals surface area contributed by atoms with Crippen molar-refractivity contribution in [3.05, 3.63) is 0 Å². The minimum Gasteiger partial charge on any atom is -0.449 e. The smallest absolute Gasteiger partial charge is 0.409 e. The number of nitrogens with zero attached hydrogens (tertiary/aromatic N) is 1. The Hall–Kier alpha value is -0.730. The number of hydrogen-bond donors (Lipinski definition) is 0. The van der Waals surface area contributed by atoms with Crippen molar-refractivity contribution < 1.29 is 9.53 Å². The van der Waals surface area contributed by atoms with Gasteiger partial charge in [-0.3, -0.25) is 0 Å². The first kappa shape index (κ1) is 14.3. The summed E-state index contributed by atoms with van der Waals surface area (Å²) in [7, 11) is 0. The van der Waals surface area contributed by atoms with Gasteiger partial charge in [-0.15, -0.1) is 0 Å². The lowest BCUT2D eigenvalue weighted by Gasteiger charge is -2.20. The van der Waals surface area contributed by atoms with E-state index in [0.29, 0.717) is 12.5 Å². The van der Waals surface area contributed by atoms with Crippen LogP contribution >= 0.6 is 0 Å². The molecule has 0 saturated carbocycles. The zero-order chi connectivity index (χ0) is 11.7. The van der Waals surface area contributed by atoms with Crippen LogP contribution in [0, 0.1) is 5.92 Å². The van der Waals surface area contributed by atoms with Gasteiger partial charge in [0.25, 0.3) is 0 Å². The third-order valence-electron chi connectivity index (χ3n) is 2.74. The molecule has 1 amide bonds. The van der Waals surface area contributed by atoms with E-state index < -0.39 is 0 Å². The van der Waals surface area contributed by atoms with E-state index in [-0.39, 0.29) is 6.09 Å². The third-order valence-corrected chi connectivity index (χ3v) is 2.74. The van der Waals surface area contributed by atoms with Crippen LogP contribution in [0.5, 0.6) is 0 Å². The first-order valence-corrected chi connectivity index (χ1v) is 6.11. The summed E-state index contributed by atoms with van der Waals surface area (Å²) in [5.41, 5.74) is 0.